The van der Waals surface area contributed by atoms with E-state index in [1.807, 2.05) is 34.6 Å². The predicted molar refractivity (Wildman–Crippen MR) is 68.4 cm³/mol. The zero-order valence-corrected chi connectivity index (χ0v) is 12.0. The Morgan fingerprint density at radius 1 is 1.44 bits per heavy atom. The van der Waals surface area contributed by atoms with Gasteiger partial charge >= 0.3 is 6.09 Å². The molecule has 0 spiro atoms. The normalized spacial score (nSPS) is 24.7. The zero-order valence-electron chi connectivity index (χ0n) is 12.0. The molecule has 0 bridgehead atoms. The van der Waals surface area contributed by atoms with Gasteiger partial charge in [-0.25, -0.2) is 4.79 Å². The molecule has 0 radical (unpaired) electrons. The smallest absolute Gasteiger partial charge is 0.410 e. The number of amides is 1. The number of hydrogen-bond donors (Lipinski definition) is 1. The van der Waals surface area contributed by atoms with Crippen molar-refractivity contribution in [2.45, 2.75) is 64.9 Å². The van der Waals surface area contributed by atoms with Gasteiger partial charge in [0, 0.05) is 0 Å². The third-order valence-corrected chi connectivity index (χ3v) is 2.68. The molecule has 0 aromatic rings. The quantitative estimate of drug-likeness (QED) is 0.839. The summed E-state index contributed by atoms with van der Waals surface area (Å²) in [5.74, 6) is 0. The summed E-state index contributed by atoms with van der Waals surface area (Å²) in [5, 5.41) is 9.33. The van der Waals surface area contributed by atoms with Crippen molar-refractivity contribution in [2.24, 2.45) is 0 Å². The van der Waals surface area contributed by atoms with Gasteiger partial charge in [0.25, 0.3) is 0 Å². The van der Waals surface area contributed by atoms with E-state index in [-0.39, 0.29) is 30.9 Å². The molecule has 1 unspecified atom stereocenters. The highest BCUT2D eigenvalue weighted by atomic mass is 16.6. The Morgan fingerprint density at radius 2 is 2.06 bits per heavy atom. The monoisotopic (exact) mass is 259 g/mol. The summed E-state index contributed by atoms with van der Waals surface area (Å²) in [6.45, 7) is 9.84. The van der Waals surface area contributed by atoms with Gasteiger partial charge < -0.3 is 19.5 Å². The second kappa shape index (κ2) is 5.89. The molecule has 2 atom stereocenters. The summed E-state index contributed by atoms with van der Waals surface area (Å²) < 4.78 is 11.0. The van der Waals surface area contributed by atoms with Crippen LogP contribution in [-0.2, 0) is 9.47 Å². The average molecular weight is 259 g/mol. The second-order valence-electron chi connectivity index (χ2n) is 6.01. The molecule has 1 N–H and O–H groups in total. The highest BCUT2D eigenvalue weighted by molar-refractivity contribution is 5.69. The maximum atomic E-state index is 12.0. The Bertz CT molecular complexity index is 285. The summed E-state index contributed by atoms with van der Waals surface area (Å²) in [7, 11) is 0. The summed E-state index contributed by atoms with van der Waals surface area (Å²) in [6.07, 6.45) is 0.382. The van der Waals surface area contributed by atoms with Crippen molar-refractivity contribution in [1.82, 2.24) is 4.90 Å². The average Bonchev–Trinajstić information content (AvgIpc) is 2.57. The summed E-state index contributed by atoms with van der Waals surface area (Å²) in [5.41, 5.74) is -0.520. The summed E-state index contributed by atoms with van der Waals surface area (Å²) >= 11 is 0. The Hall–Kier alpha value is -0.810. The molecule has 1 aliphatic heterocycles. The van der Waals surface area contributed by atoms with Gasteiger partial charge in [-0.3, -0.25) is 0 Å². The van der Waals surface area contributed by atoms with Crippen LogP contribution in [0.3, 0.4) is 0 Å². The molecule has 1 fully saturated rings. The fourth-order valence-electron chi connectivity index (χ4n) is 2.07. The molecule has 1 saturated heterocycles. The largest absolute Gasteiger partial charge is 0.444 e. The van der Waals surface area contributed by atoms with Crippen LogP contribution in [0.4, 0.5) is 4.79 Å². The minimum absolute atomic E-state index is 0.0188. The third kappa shape index (κ3) is 4.46. The van der Waals surface area contributed by atoms with E-state index in [9.17, 15) is 9.90 Å². The van der Waals surface area contributed by atoms with E-state index in [0.717, 1.165) is 0 Å². The van der Waals surface area contributed by atoms with Gasteiger partial charge in [-0.05, 0) is 41.0 Å². The first-order chi connectivity index (χ1) is 8.23. The van der Waals surface area contributed by atoms with E-state index in [0.29, 0.717) is 13.0 Å². The van der Waals surface area contributed by atoms with E-state index in [1.54, 1.807) is 4.90 Å². The highest BCUT2D eigenvalue weighted by Gasteiger charge is 2.37. The number of rotatable bonds is 3. The molecule has 1 amide bonds. The molecule has 0 aromatic carbocycles. The SMILES string of the molecule is CC(C)OC1C[C@@H](CO)N(C(=O)OC(C)(C)C)C1. The number of likely N-dealkylation sites (tertiary alicyclic amines) is 1. The van der Waals surface area contributed by atoms with Crippen molar-refractivity contribution in [3.8, 4) is 0 Å². The lowest BCUT2D eigenvalue weighted by Gasteiger charge is -2.27. The van der Waals surface area contributed by atoms with Crippen molar-refractivity contribution in [2.75, 3.05) is 13.2 Å². The van der Waals surface area contributed by atoms with Crippen LogP contribution in [0.5, 0.6) is 0 Å². The van der Waals surface area contributed by atoms with Crippen LogP contribution in [0.15, 0.2) is 0 Å². The van der Waals surface area contributed by atoms with E-state index in [1.165, 1.54) is 0 Å². The molecule has 0 aromatic heterocycles. The Labute approximate surface area is 109 Å². The van der Waals surface area contributed by atoms with Crippen molar-refractivity contribution >= 4 is 6.09 Å². The molecule has 0 saturated carbocycles. The molecular weight excluding hydrogens is 234 g/mol. The standard InChI is InChI=1S/C13H25NO4/c1-9(2)17-11-6-10(8-15)14(7-11)12(16)18-13(3,4)5/h9-11,15H,6-8H2,1-5H3/t10-,11?/m0/s1. The lowest BCUT2D eigenvalue weighted by Crippen LogP contribution is -2.41. The first kappa shape index (κ1) is 15.2. The van der Waals surface area contributed by atoms with Crippen LogP contribution in [0.1, 0.15) is 41.0 Å². The predicted octanol–water partition coefficient (Wildman–Crippen LogP) is 1.78. The van der Waals surface area contributed by atoms with Crippen LogP contribution >= 0.6 is 0 Å². The number of ether oxygens (including phenoxy) is 2. The van der Waals surface area contributed by atoms with E-state index >= 15 is 0 Å². The molecule has 106 valence electrons. The molecule has 5 heteroatoms. The van der Waals surface area contributed by atoms with Crippen LogP contribution in [0.25, 0.3) is 0 Å². The summed E-state index contributed by atoms with van der Waals surface area (Å²) in [4.78, 5) is 13.6. The van der Waals surface area contributed by atoms with Crippen molar-refractivity contribution < 1.29 is 19.4 Å². The van der Waals surface area contributed by atoms with Crippen molar-refractivity contribution in [1.29, 1.82) is 0 Å². The van der Waals surface area contributed by atoms with Gasteiger partial charge in [0.2, 0.25) is 0 Å². The van der Waals surface area contributed by atoms with Gasteiger partial charge in [-0.1, -0.05) is 0 Å². The highest BCUT2D eigenvalue weighted by Crippen LogP contribution is 2.23. The lowest BCUT2D eigenvalue weighted by molar-refractivity contribution is 0.00267. The van der Waals surface area contributed by atoms with Crippen molar-refractivity contribution in [3.63, 3.8) is 0 Å². The van der Waals surface area contributed by atoms with E-state index in [2.05, 4.69) is 0 Å². The number of aliphatic hydroxyl groups is 1. The van der Waals surface area contributed by atoms with Gasteiger partial charge in [0.1, 0.15) is 5.60 Å². The molecule has 5 nitrogen and oxygen atoms in total. The number of carbonyl (C=O) groups excluding carboxylic acids is 1. The van der Waals surface area contributed by atoms with Crippen LogP contribution in [0.2, 0.25) is 0 Å². The maximum Gasteiger partial charge on any atom is 0.410 e. The van der Waals surface area contributed by atoms with Crippen molar-refractivity contribution in [3.05, 3.63) is 0 Å². The van der Waals surface area contributed by atoms with Gasteiger partial charge in [-0.2, -0.15) is 0 Å². The molecule has 1 heterocycles. The Morgan fingerprint density at radius 3 is 2.50 bits per heavy atom. The number of carbonyl (C=O) groups is 1. The third-order valence-electron chi connectivity index (χ3n) is 2.68. The lowest BCUT2D eigenvalue weighted by atomic mass is 10.2. The Balaban J connectivity index is 2.61. The Kier molecular flexibility index (Phi) is 4.99. The fourth-order valence-corrected chi connectivity index (χ4v) is 2.07. The first-order valence-electron chi connectivity index (χ1n) is 6.49. The van der Waals surface area contributed by atoms with E-state index < -0.39 is 5.60 Å². The van der Waals surface area contributed by atoms with Gasteiger partial charge in [0.15, 0.2) is 0 Å². The molecular formula is C13H25NO4. The van der Waals surface area contributed by atoms with Crippen LogP contribution in [-0.4, -0.2) is 53.1 Å². The number of aliphatic hydroxyl groups excluding tert-OH is 1. The zero-order chi connectivity index (χ0) is 13.9. The molecule has 1 rings (SSSR count). The van der Waals surface area contributed by atoms with Gasteiger partial charge in [-0.15, -0.1) is 0 Å². The number of nitrogens with zero attached hydrogens (tertiary/aromatic N) is 1. The van der Waals surface area contributed by atoms with E-state index in [4.69, 9.17) is 9.47 Å². The van der Waals surface area contributed by atoms with Crippen LogP contribution < -0.4 is 0 Å². The molecule has 0 aliphatic carbocycles. The molecule has 18 heavy (non-hydrogen) atoms. The van der Waals surface area contributed by atoms with Gasteiger partial charge in [0.05, 0.1) is 31.4 Å². The fraction of sp³-hybridized carbons (Fsp3) is 0.923. The maximum absolute atomic E-state index is 12.0. The second-order valence-corrected chi connectivity index (χ2v) is 6.01. The first-order valence-corrected chi connectivity index (χ1v) is 6.49. The van der Waals surface area contributed by atoms with Crippen LogP contribution in [0, 0.1) is 0 Å². The minimum atomic E-state index is -0.520. The topological polar surface area (TPSA) is 59.0 Å². The molecule has 1 aliphatic rings. The minimum Gasteiger partial charge on any atom is -0.444 e. The number of hydrogen-bond acceptors (Lipinski definition) is 4. The summed E-state index contributed by atoms with van der Waals surface area (Å²) in [6, 6.07) is -0.205.